The fraction of sp³-hybridized carbons (Fsp3) is 0.450. The Morgan fingerprint density at radius 2 is 2.08 bits per heavy atom. The van der Waals surface area contributed by atoms with Crippen LogP contribution in [0.15, 0.2) is 42.7 Å². The molecule has 4 rings (SSSR count). The van der Waals surface area contributed by atoms with Crippen LogP contribution in [0.1, 0.15) is 30.4 Å². The van der Waals surface area contributed by atoms with Crippen LogP contribution < -0.4 is 0 Å². The highest BCUT2D eigenvalue weighted by molar-refractivity contribution is 5.23. The fourth-order valence-electron chi connectivity index (χ4n) is 4.62. The maximum absolute atomic E-state index is 13.5. The summed E-state index contributed by atoms with van der Waals surface area (Å²) >= 11 is 0. The van der Waals surface area contributed by atoms with Crippen LogP contribution in [0, 0.1) is 23.5 Å². The van der Waals surface area contributed by atoms with E-state index in [0.29, 0.717) is 12.5 Å². The van der Waals surface area contributed by atoms with Crippen molar-refractivity contribution in [1.82, 2.24) is 9.88 Å². The van der Waals surface area contributed by atoms with Gasteiger partial charge in [0.2, 0.25) is 0 Å². The second-order valence-corrected chi connectivity index (χ2v) is 7.37. The quantitative estimate of drug-likeness (QED) is 0.926. The molecule has 1 saturated heterocycles. The maximum atomic E-state index is 13.5. The molecule has 0 spiro atoms. The minimum Gasteiger partial charge on any atom is -0.385 e. The van der Waals surface area contributed by atoms with Crippen molar-refractivity contribution in [3.63, 3.8) is 0 Å². The lowest BCUT2D eigenvalue weighted by Crippen LogP contribution is -2.42. The molecule has 5 heteroatoms. The molecule has 3 atom stereocenters. The van der Waals surface area contributed by atoms with Gasteiger partial charge in [-0.15, -0.1) is 0 Å². The summed E-state index contributed by atoms with van der Waals surface area (Å²) in [4.78, 5) is 6.42. The summed E-state index contributed by atoms with van der Waals surface area (Å²) < 4.78 is 26.6. The number of nitrogens with zero attached hydrogens (tertiary/aromatic N) is 2. The number of halogens is 2. The van der Waals surface area contributed by atoms with E-state index in [4.69, 9.17) is 0 Å². The number of aromatic nitrogens is 1. The number of hydrogen-bond acceptors (Lipinski definition) is 3. The van der Waals surface area contributed by atoms with Crippen LogP contribution in [0.2, 0.25) is 0 Å². The van der Waals surface area contributed by atoms with E-state index in [9.17, 15) is 13.9 Å². The molecule has 2 fully saturated rings. The zero-order chi connectivity index (χ0) is 17.4. The molecule has 2 aromatic rings. The second kappa shape index (κ2) is 6.46. The number of pyridine rings is 1. The van der Waals surface area contributed by atoms with Crippen molar-refractivity contribution in [3.8, 4) is 0 Å². The van der Waals surface area contributed by atoms with E-state index in [-0.39, 0.29) is 5.92 Å². The minimum absolute atomic E-state index is 0.149. The molecule has 0 bridgehead atoms. The highest BCUT2D eigenvalue weighted by Crippen LogP contribution is 2.48. The molecule has 1 aliphatic carbocycles. The van der Waals surface area contributed by atoms with Crippen molar-refractivity contribution in [2.45, 2.75) is 31.4 Å². The summed E-state index contributed by atoms with van der Waals surface area (Å²) in [5, 5.41) is 11.4. The average molecular weight is 344 g/mol. The lowest BCUT2D eigenvalue weighted by Gasteiger charge is -2.41. The van der Waals surface area contributed by atoms with E-state index in [1.165, 1.54) is 12.1 Å². The molecule has 0 amide bonds. The number of fused-ring (bicyclic) bond motifs is 1. The Morgan fingerprint density at radius 3 is 2.84 bits per heavy atom. The molecule has 3 nitrogen and oxygen atoms in total. The van der Waals surface area contributed by atoms with Gasteiger partial charge in [0.25, 0.3) is 0 Å². The Labute approximate surface area is 146 Å². The predicted octanol–water partition coefficient (Wildman–Crippen LogP) is 3.48. The van der Waals surface area contributed by atoms with Gasteiger partial charge in [0.05, 0.1) is 5.60 Å². The van der Waals surface area contributed by atoms with Gasteiger partial charge in [-0.25, -0.2) is 8.78 Å². The van der Waals surface area contributed by atoms with E-state index >= 15 is 0 Å². The summed E-state index contributed by atoms with van der Waals surface area (Å²) in [5.41, 5.74) is 0.807. The van der Waals surface area contributed by atoms with E-state index in [1.54, 1.807) is 18.5 Å². The average Bonchev–Trinajstić information content (AvgIpc) is 3.03. The molecule has 25 heavy (non-hydrogen) atoms. The highest BCUT2D eigenvalue weighted by atomic mass is 19.2. The smallest absolute Gasteiger partial charge is 0.159 e. The Hall–Kier alpha value is -1.85. The minimum atomic E-state index is -0.847. The summed E-state index contributed by atoms with van der Waals surface area (Å²) in [6.07, 6.45) is 6.32. The molecule has 1 aliphatic heterocycles. The number of aliphatic hydroxyl groups is 1. The standard InChI is InChI=1S/C20H22F2N2O/c21-18-6-5-14(9-19(18)22)11-24-12-15-3-1-7-20(25,17(15)13-24)16-4-2-8-23-10-16/h2,4-6,8-10,15,17,25H,1,3,7,11-13H2/t15-,17-,20+/m1/s1. The van der Waals surface area contributed by atoms with Crippen molar-refractivity contribution in [2.75, 3.05) is 13.1 Å². The van der Waals surface area contributed by atoms with Crippen LogP contribution in [0.4, 0.5) is 8.78 Å². The van der Waals surface area contributed by atoms with Crippen LogP contribution in [0.25, 0.3) is 0 Å². The van der Waals surface area contributed by atoms with Crippen molar-refractivity contribution in [1.29, 1.82) is 0 Å². The summed E-state index contributed by atoms with van der Waals surface area (Å²) in [5.74, 6) is -1.05. The van der Waals surface area contributed by atoms with Gasteiger partial charge in [0.1, 0.15) is 0 Å². The lowest BCUT2D eigenvalue weighted by molar-refractivity contribution is -0.0650. The molecular weight excluding hydrogens is 322 g/mol. The van der Waals surface area contributed by atoms with Crippen LogP contribution in [-0.4, -0.2) is 28.1 Å². The monoisotopic (exact) mass is 344 g/mol. The van der Waals surface area contributed by atoms with Crippen LogP contribution >= 0.6 is 0 Å². The topological polar surface area (TPSA) is 36.4 Å². The van der Waals surface area contributed by atoms with Crippen LogP contribution in [-0.2, 0) is 12.1 Å². The molecule has 2 heterocycles. The van der Waals surface area contributed by atoms with Crippen molar-refractivity contribution in [2.24, 2.45) is 11.8 Å². The molecule has 1 N–H and O–H groups in total. The second-order valence-electron chi connectivity index (χ2n) is 7.37. The Kier molecular flexibility index (Phi) is 4.29. The fourth-order valence-corrected chi connectivity index (χ4v) is 4.62. The van der Waals surface area contributed by atoms with Gasteiger partial charge in [-0.05, 0) is 48.9 Å². The first-order valence-electron chi connectivity index (χ1n) is 8.85. The third-order valence-electron chi connectivity index (χ3n) is 5.81. The van der Waals surface area contributed by atoms with E-state index in [0.717, 1.165) is 43.5 Å². The predicted molar refractivity (Wildman–Crippen MR) is 90.6 cm³/mol. The summed E-state index contributed by atoms with van der Waals surface area (Å²) in [7, 11) is 0. The van der Waals surface area contributed by atoms with Crippen molar-refractivity contribution >= 4 is 0 Å². The highest BCUT2D eigenvalue weighted by Gasteiger charge is 2.49. The largest absolute Gasteiger partial charge is 0.385 e. The number of rotatable bonds is 3. The number of likely N-dealkylation sites (tertiary alicyclic amines) is 1. The Bertz CT molecular complexity index is 755. The summed E-state index contributed by atoms with van der Waals surface area (Å²) in [6, 6.07) is 7.90. The van der Waals surface area contributed by atoms with Crippen molar-refractivity contribution < 1.29 is 13.9 Å². The molecule has 1 aromatic heterocycles. The first-order chi connectivity index (χ1) is 12.1. The Balaban J connectivity index is 1.53. The van der Waals surface area contributed by atoms with Gasteiger partial charge in [0.15, 0.2) is 11.6 Å². The van der Waals surface area contributed by atoms with Gasteiger partial charge < -0.3 is 5.11 Å². The number of hydrogen-bond donors (Lipinski definition) is 1. The SMILES string of the molecule is O[C@]1(c2cccnc2)CCC[C@@H]2CN(Cc3ccc(F)c(F)c3)C[C@H]21. The van der Waals surface area contributed by atoms with Gasteiger partial charge in [0, 0.05) is 43.5 Å². The van der Waals surface area contributed by atoms with Gasteiger partial charge >= 0.3 is 0 Å². The molecule has 2 aliphatic rings. The zero-order valence-corrected chi connectivity index (χ0v) is 14.0. The molecule has 1 aromatic carbocycles. The zero-order valence-electron chi connectivity index (χ0n) is 14.0. The first-order valence-corrected chi connectivity index (χ1v) is 8.85. The van der Waals surface area contributed by atoms with Gasteiger partial charge in [-0.3, -0.25) is 9.88 Å². The van der Waals surface area contributed by atoms with Gasteiger partial charge in [-0.2, -0.15) is 0 Å². The molecule has 0 unspecified atom stereocenters. The van der Waals surface area contributed by atoms with E-state index < -0.39 is 17.2 Å². The maximum Gasteiger partial charge on any atom is 0.159 e. The van der Waals surface area contributed by atoms with E-state index in [1.807, 2.05) is 12.1 Å². The Morgan fingerprint density at radius 1 is 1.20 bits per heavy atom. The molecular formula is C20H22F2N2O. The van der Waals surface area contributed by atoms with Crippen molar-refractivity contribution in [3.05, 3.63) is 65.5 Å². The lowest BCUT2D eigenvalue weighted by atomic mass is 9.68. The molecule has 1 saturated carbocycles. The van der Waals surface area contributed by atoms with Gasteiger partial charge in [-0.1, -0.05) is 12.1 Å². The summed E-state index contributed by atoms with van der Waals surface area (Å²) in [6.45, 7) is 2.22. The number of benzene rings is 1. The normalized spacial score (nSPS) is 29.6. The first kappa shape index (κ1) is 16.6. The van der Waals surface area contributed by atoms with Crippen LogP contribution in [0.5, 0.6) is 0 Å². The third-order valence-corrected chi connectivity index (χ3v) is 5.81. The van der Waals surface area contributed by atoms with Crippen LogP contribution in [0.3, 0.4) is 0 Å². The molecule has 132 valence electrons. The third kappa shape index (κ3) is 3.07. The molecule has 0 radical (unpaired) electrons. The van der Waals surface area contributed by atoms with E-state index in [2.05, 4.69) is 9.88 Å².